The predicted octanol–water partition coefficient (Wildman–Crippen LogP) is 3.08. The number of allylic oxidation sites excluding steroid dienone is 2. The van der Waals surface area contributed by atoms with Gasteiger partial charge in [-0.25, -0.2) is 4.79 Å². The van der Waals surface area contributed by atoms with Gasteiger partial charge in [-0.3, -0.25) is 0 Å². The van der Waals surface area contributed by atoms with Gasteiger partial charge in [-0.1, -0.05) is 42.0 Å². The second-order valence-corrected chi connectivity index (χ2v) is 7.49. The SMILES string of the molecule is COC(=O)COc1ccc([C@H]2Nc3c(Cl)ccc(C(=O)[O-])c3[C@H]3C=CC[C@H]32)cc1. The van der Waals surface area contributed by atoms with E-state index in [4.69, 9.17) is 16.3 Å². The van der Waals surface area contributed by atoms with Crippen LogP contribution in [0.5, 0.6) is 5.75 Å². The average Bonchev–Trinajstić information content (AvgIpc) is 3.22. The predicted molar refractivity (Wildman–Crippen MR) is 106 cm³/mol. The van der Waals surface area contributed by atoms with Crippen LogP contribution >= 0.6 is 11.6 Å². The first kappa shape index (κ1) is 19.3. The second kappa shape index (κ2) is 7.79. The summed E-state index contributed by atoms with van der Waals surface area (Å²) in [6, 6.07) is 10.5. The van der Waals surface area contributed by atoms with E-state index in [0.29, 0.717) is 22.0 Å². The molecule has 7 heteroatoms. The van der Waals surface area contributed by atoms with Crippen molar-refractivity contribution in [3.63, 3.8) is 0 Å². The summed E-state index contributed by atoms with van der Waals surface area (Å²) in [5.41, 5.74) is 2.51. The largest absolute Gasteiger partial charge is 0.545 e. The number of carbonyl (C=O) groups is 2. The lowest BCUT2D eigenvalue weighted by Gasteiger charge is -2.39. The Balaban J connectivity index is 1.65. The topological polar surface area (TPSA) is 87.7 Å². The third-order valence-electron chi connectivity index (χ3n) is 5.51. The van der Waals surface area contributed by atoms with E-state index in [1.807, 2.05) is 18.2 Å². The molecule has 0 saturated heterocycles. The number of esters is 1. The van der Waals surface area contributed by atoms with E-state index in [1.165, 1.54) is 13.2 Å². The number of hydrogen-bond donors (Lipinski definition) is 1. The maximum absolute atomic E-state index is 11.6. The van der Waals surface area contributed by atoms with Gasteiger partial charge in [0, 0.05) is 11.5 Å². The molecule has 6 nitrogen and oxygen atoms in total. The van der Waals surface area contributed by atoms with Crippen LogP contribution in [-0.2, 0) is 9.53 Å². The zero-order valence-corrected chi connectivity index (χ0v) is 16.4. The van der Waals surface area contributed by atoms with Crippen LogP contribution in [0, 0.1) is 5.92 Å². The molecule has 0 bridgehead atoms. The summed E-state index contributed by atoms with van der Waals surface area (Å²) in [6.45, 7) is -0.152. The number of carbonyl (C=O) groups excluding carboxylic acids is 2. The van der Waals surface area contributed by atoms with Crippen LogP contribution in [-0.4, -0.2) is 25.7 Å². The molecule has 2 aromatic rings. The summed E-state index contributed by atoms with van der Waals surface area (Å²) in [6.07, 6.45) is 4.95. The smallest absolute Gasteiger partial charge is 0.343 e. The number of nitrogens with one attached hydrogen (secondary N) is 1. The lowest BCUT2D eigenvalue weighted by Crippen LogP contribution is -2.33. The van der Waals surface area contributed by atoms with Crippen LogP contribution in [0.2, 0.25) is 5.02 Å². The molecule has 150 valence electrons. The van der Waals surface area contributed by atoms with Gasteiger partial charge in [-0.2, -0.15) is 0 Å². The van der Waals surface area contributed by atoms with E-state index in [0.717, 1.165) is 12.0 Å². The molecule has 0 saturated carbocycles. The fourth-order valence-corrected chi connectivity index (χ4v) is 4.37. The number of rotatable bonds is 5. The first-order chi connectivity index (χ1) is 14.0. The molecule has 3 atom stereocenters. The van der Waals surface area contributed by atoms with Crippen molar-refractivity contribution in [2.75, 3.05) is 19.0 Å². The van der Waals surface area contributed by atoms with E-state index in [2.05, 4.69) is 16.1 Å². The number of aromatic carboxylic acids is 1. The summed E-state index contributed by atoms with van der Waals surface area (Å²) < 4.78 is 9.97. The Labute approximate surface area is 173 Å². The molecule has 1 aliphatic carbocycles. The highest BCUT2D eigenvalue weighted by Gasteiger charge is 2.40. The van der Waals surface area contributed by atoms with E-state index in [1.54, 1.807) is 18.2 Å². The van der Waals surface area contributed by atoms with Crippen molar-refractivity contribution in [2.24, 2.45) is 5.92 Å². The molecular weight excluding hydrogens is 394 g/mol. The van der Waals surface area contributed by atoms with Crippen molar-refractivity contribution in [2.45, 2.75) is 18.4 Å². The van der Waals surface area contributed by atoms with E-state index in [9.17, 15) is 14.7 Å². The van der Waals surface area contributed by atoms with Gasteiger partial charge in [0.15, 0.2) is 6.61 Å². The summed E-state index contributed by atoms with van der Waals surface area (Å²) in [5, 5.41) is 15.6. The molecule has 2 aliphatic rings. The summed E-state index contributed by atoms with van der Waals surface area (Å²) in [5.74, 6) is -0.991. The molecule has 2 aromatic carbocycles. The Morgan fingerprint density at radius 1 is 1.21 bits per heavy atom. The Kier molecular flexibility index (Phi) is 5.20. The van der Waals surface area contributed by atoms with Gasteiger partial charge in [0.2, 0.25) is 0 Å². The number of hydrogen-bond acceptors (Lipinski definition) is 6. The molecule has 1 heterocycles. The molecule has 4 rings (SSSR count). The zero-order valence-electron chi connectivity index (χ0n) is 15.7. The maximum Gasteiger partial charge on any atom is 0.343 e. The second-order valence-electron chi connectivity index (χ2n) is 7.08. The molecule has 0 amide bonds. The van der Waals surface area contributed by atoms with Gasteiger partial charge in [-0.05, 0) is 41.7 Å². The van der Waals surface area contributed by atoms with Gasteiger partial charge in [0.05, 0.1) is 29.8 Å². The highest BCUT2D eigenvalue weighted by molar-refractivity contribution is 6.33. The van der Waals surface area contributed by atoms with Gasteiger partial charge in [-0.15, -0.1) is 0 Å². The highest BCUT2D eigenvalue weighted by Crippen LogP contribution is 2.52. The van der Waals surface area contributed by atoms with Crippen LogP contribution in [0.1, 0.15) is 39.9 Å². The van der Waals surface area contributed by atoms with Gasteiger partial charge in [0.1, 0.15) is 5.75 Å². The van der Waals surface area contributed by atoms with Crippen LogP contribution < -0.4 is 15.2 Å². The highest BCUT2D eigenvalue weighted by atomic mass is 35.5. The molecule has 0 unspecified atom stereocenters. The van der Waals surface area contributed by atoms with Crippen molar-refractivity contribution in [1.82, 2.24) is 0 Å². The molecule has 29 heavy (non-hydrogen) atoms. The fourth-order valence-electron chi connectivity index (χ4n) is 4.15. The lowest BCUT2D eigenvalue weighted by atomic mass is 9.75. The summed E-state index contributed by atoms with van der Waals surface area (Å²) >= 11 is 6.41. The number of halogens is 1. The van der Waals surface area contributed by atoms with E-state index >= 15 is 0 Å². The van der Waals surface area contributed by atoms with Gasteiger partial charge in [0.25, 0.3) is 0 Å². The Bertz CT molecular complexity index is 985. The quantitative estimate of drug-likeness (QED) is 0.599. The van der Waals surface area contributed by atoms with Gasteiger partial charge < -0.3 is 24.7 Å². The van der Waals surface area contributed by atoms with Crippen molar-refractivity contribution < 1.29 is 24.2 Å². The lowest BCUT2D eigenvalue weighted by molar-refractivity contribution is -0.255. The number of ether oxygens (including phenoxy) is 2. The van der Waals surface area contributed by atoms with E-state index in [-0.39, 0.29) is 30.0 Å². The Hall–Kier alpha value is -2.99. The molecule has 0 radical (unpaired) electrons. The number of benzene rings is 2. The molecule has 0 spiro atoms. The van der Waals surface area contributed by atoms with Crippen LogP contribution in [0.25, 0.3) is 0 Å². The minimum Gasteiger partial charge on any atom is -0.545 e. The maximum atomic E-state index is 11.6. The minimum absolute atomic E-state index is 0.0494. The average molecular weight is 413 g/mol. The monoisotopic (exact) mass is 412 g/mol. The molecular formula is C22H19ClNO5-. The summed E-state index contributed by atoms with van der Waals surface area (Å²) in [4.78, 5) is 22.9. The van der Waals surface area contributed by atoms with Crippen molar-refractivity contribution in [3.8, 4) is 5.75 Å². The molecule has 1 N–H and O–H groups in total. The van der Waals surface area contributed by atoms with Crippen LogP contribution in [0.3, 0.4) is 0 Å². The molecule has 1 aliphatic heterocycles. The third kappa shape index (κ3) is 3.56. The zero-order chi connectivity index (χ0) is 20.5. The van der Waals surface area contributed by atoms with Crippen molar-refractivity contribution in [3.05, 3.63) is 70.3 Å². The number of carboxylic acids is 1. The van der Waals surface area contributed by atoms with Crippen molar-refractivity contribution >= 4 is 29.2 Å². The number of carboxylic acid groups (broad SMARTS) is 1. The Morgan fingerprint density at radius 3 is 2.66 bits per heavy atom. The number of fused-ring (bicyclic) bond motifs is 3. The Morgan fingerprint density at radius 2 is 1.97 bits per heavy atom. The van der Waals surface area contributed by atoms with Crippen LogP contribution in [0.15, 0.2) is 48.6 Å². The molecule has 0 fully saturated rings. The third-order valence-corrected chi connectivity index (χ3v) is 5.83. The normalized spacial score (nSPS) is 21.7. The number of anilines is 1. The molecule has 0 aromatic heterocycles. The first-order valence-electron chi connectivity index (χ1n) is 9.26. The fraction of sp³-hybridized carbons (Fsp3) is 0.273. The minimum atomic E-state index is -1.20. The standard InChI is InChI=1S/C22H20ClNO5/c1-28-18(25)11-29-13-7-5-12(6-8-13)20-15-4-2-3-14(15)19-16(22(26)27)9-10-17(23)21(19)24-20/h2-3,5-10,14-15,20,24H,4,11H2,1H3,(H,26,27)/p-1/t14-,15+,20+/m0/s1. The van der Waals surface area contributed by atoms with Crippen LogP contribution in [0.4, 0.5) is 5.69 Å². The van der Waals surface area contributed by atoms with Gasteiger partial charge >= 0.3 is 5.97 Å². The summed E-state index contributed by atoms with van der Waals surface area (Å²) in [7, 11) is 1.31. The first-order valence-corrected chi connectivity index (χ1v) is 9.64. The van der Waals surface area contributed by atoms with E-state index < -0.39 is 11.9 Å². The van der Waals surface area contributed by atoms with Crippen molar-refractivity contribution in [1.29, 1.82) is 0 Å². The number of methoxy groups -OCH3 is 1.